The first-order chi connectivity index (χ1) is 17.7. The van der Waals surface area contributed by atoms with Gasteiger partial charge >= 0.3 is 0 Å². The number of amides is 1. The summed E-state index contributed by atoms with van der Waals surface area (Å²) in [6, 6.07) is 9.41. The second-order valence-corrected chi connectivity index (χ2v) is 12.9. The van der Waals surface area contributed by atoms with Gasteiger partial charge in [0.1, 0.15) is 11.6 Å². The molecule has 0 bridgehead atoms. The fourth-order valence-corrected chi connectivity index (χ4v) is 7.53. The predicted octanol–water partition coefficient (Wildman–Crippen LogP) is 4.32. The highest BCUT2D eigenvalue weighted by Crippen LogP contribution is 2.52. The molecule has 2 aromatic rings. The van der Waals surface area contributed by atoms with Crippen molar-refractivity contribution < 1.29 is 31.5 Å². The van der Waals surface area contributed by atoms with Crippen LogP contribution in [0.1, 0.15) is 36.8 Å². The maximum atomic E-state index is 15.4. The molecule has 0 spiro atoms. The number of nitrogens with zero attached hydrogens (tertiary/aromatic N) is 1. The van der Waals surface area contributed by atoms with Crippen LogP contribution in [0.3, 0.4) is 0 Å². The Morgan fingerprint density at radius 2 is 1.78 bits per heavy atom. The van der Waals surface area contributed by atoms with Crippen LogP contribution in [0.5, 0.6) is 5.75 Å². The van der Waals surface area contributed by atoms with Crippen molar-refractivity contribution in [1.82, 2.24) is 4.90 Å². The summed E-state index contributed by atoms with van der Waals surface area (Å²) in [6.45, 7) is 1.51. The number of carbonyl (C=O) groups is 1. The molecular formula is C27H30ClF2NO5S. The minimum absolute atomic E-state index is 0.0678. The fourth-order valence-electron chi connectivity index (χ4n) is 6.11. The van der Waals surface area contributed by atoms with Crippen LogP contribution in [0.2, 0.25) is 5.02 Å². The van der Waals surface area contributed by atoms with Gasteiger partial charge in [0.05, 0.1) is 18.5 Å². The van der Waals surface area contributed by atoms with Crippen LogP contribution >= 0.6 is 11.6 Å². The monoisotopic (exact) mass is 553 g/mol. The molecule has 3 aliphatic heterocycles. The maximum absolute atomic E-state index is 15.4. The Morgan fingerprint density at radius 1 is 1.08 bits per heavy atom. The highest BCUT2D eigenvalue weighted by atomic mass is 35.5. The Balaban J connectivity index is 1.42. The number of hydrogen-bond donors (Lipinski definition) is 0. The van der Waals surface area contributed by atoms with Gasteiger partial charge in [0.15, 0.2) is 21.4 Å². The summed E-state index contributed by atoms with van der Waals surface area (Å²) in [5, 5.41) is 0.570. The molecule has 0 radical (unpaired) electrons. The zero-order valence-corrected chi connectivity index (χ0v) is 22.0. The molecule has 3 heterocycles. The van der Waals surface area contributed by atoms with E-state index < -0.39 is 44.7 Å². The molecule has 2 fully saturated rings. The van der Waals surface area contributed by atoms with Gasteiger partial charge in [-0.15, -0.1) is 0 Å². The number of likely N-dealkylation sites (tertiary alicyclic amines) is 1. The molecule has 0 saturated carbocycles. The van der Waals surface area contributed by atoms with Crippen LogP contribution in [0, 0.1) is 17.6 Å². The minimum atomic E-state index is -3.68. The molecule has 0 aromatic heterocycles. The average molecular weight is 554 g/mol. The minimum Gasteiger partial charge on any atom is -0.490 e. The molecule has 37 heavy (non-hydrogen) atoms. The van der Waals surface area contributed by atoms with E-state index in [-0.39, 0.29) is 42.6 Å². The number of carbonyl (C=O) groups excluding carboxylic acids is 1. The van der Waals surface area contributed by atoms with Gasteiger partial charge in [-0.05, 0) is 61.9 Å². The van der Waals surface area contributed by atoms with Gasteiger partial charge < -0.3 is 14.4 Å². The molecule has 5 rings (SSSR count). The topological polar surface area (TPSA) is 72.9 Å². The van der Waals surface area contributed by atoms with E-state index in [9.17, 15) is 17.6 Å². The first-order valence-electron chi connectivity index (χ1n) is 12.6. The number of fused-ring (bicyclic) bond motifs is 3. The Hall–Kier alpha value is -2.23. The van der Waals surface area contributed by atoms with Crippen molar-refractivity contribution in [1.29, 1.82) is 0 Å². The van der Waals surface area contributed by atoms with Gasteiger partial charge in [-0.3, -0.25) is 4.79 Å². The molecule has 0 aliphatic carbocycles. The van der Waals surface area contributed by atoms with Gasteiger partial charge in [-0.25, -0.2) is 17.2 Å². The molecule has 1 amide bonds. The van der Waals surface area contributed by atoms with Crippen molar-refractivity contribution in [2.45, 2.75) is 43.6 Å². The van der Waals surface area contributed by atoms with E-state index in [1.807, 2.05) is 12.1 Å². The van der Waals surface area contributed by atoms with Gasteiger partial charge in [0, 0.05) is 41.6 Å². The fraction of sp³-hybridized carbons (Fsp3) is 0.519. The standard InChI is InChI=1S/C27H30ClF2NO5S/c28-19-5-3-18(4-6-19)15-27-10-13-35-23(9-14-37(33,34)17-24(32)31-11-1-2-12-31)20(27)16-36-26-22(30)8-7-21(29)25(26)27/h3-8,20,23H,1-2,9-17H2/t20-,23-,27-/m0/s1. The quantitative estimate of drug-likeness (QED) is 0.510. The molecule has 2 saturated heterocycles. The number of benzene rings is 2. The second-order valence-electron chi connectivity index (χ2n) is 10.2. The van der Waals surface area contributed by atoms with E-state index in [2.05, 4.69) is 0 Å². The van der Waals surface area contributed by atoms with Crippen molar-refractivity contribution in [3.8, 4) is 5.75 Å². The number of rotatable bonds is 7. The van der Waals surface area contributed by atoms with E-state index in [1.165, 1.54) is 0 Å². The maximum Gasteiger partial charge on any atom is 0.237 e. The van der Waals surface area contributed by atoms with Crippen LogP contribution in [0.25, 0.3) is 0 Å². The van der Waals surface area contributed by atoms with Gasteiger partial charge in [-0.1, -0.05) is 23.7 Å². The third-order valence-corrected chi connectivity index (χ3v) is 9.75. The molecule has 10 heteroatoms. The summed E-state index contributed by atoms with van der Waals surface area (Å²) in [5.41, 5.74) is 0.223. The number of ether oxygens (including phenoxy) is 2. The largest absolute Gasteiger partial charge is 0.490 e. The van der Waals surface area contributed by atoms with Crippen molar-refractivity contribution in [2.24, 2.45) is 5.92 Å². The summed E-state index contributed by atoms with van der Waals surface area (Å²) in [6.07, 6.45) is 2.17. The van der Waals surface area contributed by atoms with Crippen molar-refractivity contribution in [2.75, 3.05) is 37.8 Å². The van der Waals surface area contributed by atoms with Gasteiger partial charge in [-0.2, -0.15) is 0 Å². The summed E-state index contributed by atoms with van der Waals surface area (Å²) in [7, 11) is -3.68. The SMILES string of the molecule is O=C(CS(=O)(=O)CC[C@@H]1OCC[C@@]2(Cc3ccc(Cl)cc3)c3c(F)ccc(F)c3OC[C@@H]12)N1CCCC1. The third kappa shape index (κ3) is 5.36. The smallest absolute Gasteiger partial charge is 0.237 e. The van der Waals surface area contributed by atoms with E-state index in [4.69, 9.17) is 21.1 Å². The van der Waals surface area contributed by atoms with E-state index in [1.54, 1.807) is 17.0 Å². The lowest BCUT2D eigenvalue weighted by atomic mass is 9.60. The summed E-state index contributed by atoms with van der Waals surface area (Å²) < 4.78 is 67.6. The number of halogens is 3. The lowest BCUT2D eigenvalue weighted by Gasteiger charge is -2.51. The zero-order valence-electron chi connectivity index (χ0n) is 20.4. The molecule has 0 unspecified atom stereocenters. The molecular weight excluding hydrogens is 524 g/mol. The normalized spacial score (nSPS) is 25.3. The number of sulfone groups is 1. The Labute approximate surface area is 220 Å². The average Bonchev–Trinajstić information content (AvgIpc) is 3.41. The molecule has 0 N–H and O–H groups in total. The van der Waals surface area contributed by atoms with Crippen molar-refractivity contribution in [3.63, 3.8) is 0 Å². The van der Waals surface area contributed by atoms with Crippen molar-refractivity contribution in [3.05, 3.63) is 64.2 Å². The van der Waals surface area contributed by atoms with Crippen LogP contribution < -0.4 is 4.74 Å². The molecule has 3 aliphatic rings. The molecule has 2 aromatic carbocycles. The van der Waals surface area contributed by atoms with Crippen molar-refractivity contribution >= 4 is 27.3 Å². The highest BCUT2D eigenvalue weighted by molar-refractivity contribution is 7.92. The Morgan fingerprint density at radius 3 is 2.51 bits per heavy atom. The van der Waals surface area contributed by atoms with Crippen LogP contribution in [-0.2, 0) is 31.2 Å². The first kappa shape index (κ1) is 26.4. The third-order valence-electron chi connectivity index (χ3n) is 7.95. The molecule has 200 valence electrons. The van der Waals surface area contributed by atoms with Crippen LogP contribution in [-0.4, -0.2) is 63.1 Å². The van der Waals surface area contributed by atoms with E-state index >= 15 is 4.39 Å². The lowest BCUT2D eigenvalue weighted by molar-refractivity contribution is -0.127. The summed E-state index contributed by atoms with van der Waals surface area (Å²) in [5.74, 6) is -2.81. The lowest BCUT2D eigenvalue weighted by Crippen LogP contribution is -2.55. The van der Waals surface area contributed by atoms with Gasteiger partial charge in [0.2, 0.25) is 5.91 Å². The van der Waals surface area contributed by atoms with Crippen LogP contribution in [0.15, 0.2) is 36.4 Å². The van der Waals surface area contributed by atoms with E-state index in [0.29, 0.717) is 31.0 Å². The highest BCUT2D eigenvalue weighted by Gasteiger charge is 2.53. The molecule has 6 nitrogen and oxygen atoms in total. The Bertz CT molecular complexity index is 1270. The summed E-state index contributed by atoms with van der Waals surface area (Å²) >= 11 is 6.07. The predicted molar refractivity (Wildman–Crippen MR) is 136 cm³/mol. The van der Waals surface area contributed by atoms with Gasteiger partial charge in [0.25, 0.3) is 0 Å². The van der Waals surface area contributed by atoms with Crippen LogP contribution in [0.4, 0.5) is 8.78 Å². The number of hydrogen-bond acceptors (Lipinski definition) is 5. The first-order valence-corrected chi connectivity index (χ1v) is 14.8. The molecule has 3 atom stereocenters. The van der Waals surface area contributed by atoms with E-state index in [0.717, 1.165) is 30.5 Å². The zero-order chi connectivity index (χ0) is 26.2. The summed E-state index contributed by atoms with van der Waals surface area (Å²) in [4.78, 5) is 14.0. The second kappa shape index (κ2) is 10.5. The Kier molecular flexibility index (Phi) is 7.49.